The van der Waals surface area contributed by atoms with E-state index in [0.717, 1.165) is 10.3 Å². The monoisotopic (exact) mass is 569 g/mol. The fourth-order valence-corrected chi connectivity index (χ4v) is 4.53. The van der Waals surface area contributed by atoms with Crippen molar-refractivity contribution in [2.45, 2.75) is 12.5 Å². The van der Waals surface area contributed by atoms with Crippen molar-refractivity contribution < 1.29 is 19.1 Å². The number of pyridine rings is 1. The van der Waals surface area contributed by atoms with Gasteiger partial charge in [-0.2, -0.15) is 9.41 Å². The summed E-state index contributed by atoms with van der Waals surface area (Å²) in [6.07, 6.45) is 2.59. The van der Waals surface area contributed by atoms with Crippen LogP contribution < -0.4 is 15.4 Å². The van der Waals surface area contributed by atoms with Gasteiger partial charge in [-0.05, 0) is 58.5 Å². The van der Waals surface area contributed by atoms with Gasteiger partial charge in [0, 0.05) is 39.9 Å². The molecule has 41 heavy (non-hydrogen) atoms. The maximum absolute atomic E-state index is 13.5. The molecule has 12 heteroatoms. The molecular weight excluding hydrogens is 546 g/mol. The van der Waals surface area contributed by atoms with Crippen LogP contribution in [0.5, 0.6) is 0 Å². The second-order valence-corrected chi connectivity index (χ2v) is 9.43. The van der Waals surface area contributed by atoms with Crippen LogP contribution in [0, 0.1) is 5.21 Å². The van der Waals surface area contributed by atoms with Crippen molar-refractivity contribution in [3.63, 3.8) is 0 Å². The Morgan fingerprint density at radius 2 is 1.88 bits per heavy atom. The number of hydrogen-bond acceptors (Lipinski definition) is 7. The van der Waals surface area contributed by atoms with Crippen LogP contribution in [0.3, 0.4) is 0 Å². The van der Waals surface area contributed by atoms with Crippen molar-refractivity contribution in [1.82, 2.24) is 25.5 Å². The third kappa shape index (κ3) is 6.48. The number of nitrogens with one attached hydrogen (secondary N) is 2. The topological polar surface area (TPSA) is 138 Å². The summed E-state index contributed by atoms with van der Waals surface area (Å²) in [6, 6.07) is 23.9. The fourth-order valence-electron chi connectivity index (χ4n) is 4.36. The zero-order valence-corrected chi connectivity index (χ0v) is 22.5. The van der Waals surface area contributed by atoms with Crippen molar-refractivity contribution >= 4 is 29.3 Å². The average molecular weight is 570 g/mol. The molecule has 5 aromatic rings. The lowest BCUT2D eigenvalue weighted by atomic mass is 10.00. The summed E-state index contributed by atoms with van der Waals surface area (Å²) in [7, 11) is 1.25. The minimum Gasteiger partial charge on any atom is -0.618 e. The molecule has 2 amide bonds. The van der Waals surface area contributed by atoms with Crippen LogP contribution in [-0.2, 0) is 11.2 Å². The molecule has 206 valence electrons. The van der Waals surface area contributed by atoms with E-state index in [1.54, 1.807) is 48.5 Å². The van der Waals surface area contributed by atoms with E-state index in [2.05, 4.69) is 30.9 Å². The Morgan fingerprint density at radius 3 is 2.61 bits per heavy atom. The number of rotatable bonds is 8. The number of aromatic nitrogens is 5. The molecule has 0 bridgehead atoms. The van der Waals surface area contributed by atoms with Gasteiger partial charge in [0.15, 0.2) is 6.20 Å². The quantitative estimate of drug-likeness (QED) is 0.207. The first-order valence-electron chi connectivity index (χ1n) is 12.5. The van der Waals surface area contributed by atoms with Gasteiger partial charge in [0.2, 0.25) is 5.69 Å². The molecule has 5 rings (SSSR count). The van der Waals surface area contributed by atoms with E-state index in [1.807, 2.05) is 30.3 Å². The smallest absolute Gasteiger partial charge is 0.411 e. The summed E-state index contributed by atoms with van der Waals surface area (Å²) in [6.45, 7) is 0. The number of carbonyl (C=O) groups excluding carboxylic acids is 2. The third-order valence-corrected chi connectivity index (χ3v) is 6.55. The fraction of sp³-hybridized carbons (Fsp3) is 0.103. The van der Waals surface area contributed by atoms with Crippen LogP contribution in [0.15, 0.2) is 97.5 Å². The predicted molar refractivity (Wildman–Crippen MR) is 151 cm³/mol. The summed E-state index contributed by atoms with van der Waals surface area (Å²) < 4.78 is 6.85. The highest BCUT2D eigenvalue weighted by molar-refractivity contribution is 6.31. The minimum atomic E-state index is -0.674. The van der Waals surface area contributed by atoms with Crippen molar-refractivity contribution in [2.24, 2.45) is 0 Å². The number of benzene rings is 3. The molecule has 0 aliphatic carbocycles. The first-order chi connectivity index (χ1) is 19.9. The van der Waals surface area contributed by atoms with E-state index in [0.29, 0.717) is 45.2 Å². The molecule has 1 atom stereocenters. The highest BCUT2D eigenvalue weighted by atomic mass is 35.5. The standard InChI is InChI=1S/C29H24ClN7O4/c1-41-29(39)32-23-9-5-8-20(15-23)28(38)33-25(14-19-6-3-2-4-7-19)27-12-10-21(17-37(27)40)24-16-22(30)11-13-26(24)36-18-31-34-35-36/h2-13,15-18,25H,14H2,1H3,(H,32,39)(H,33,38). The van der Waals surface area contributed by atoms with Gasteiger partial charge in [0.05, 0.1) is 12.8 Å². The molecule has 0 aliphatic heterocycles. The zero-order valence-electron chi connectivity index (χ0n) is 21.8. The minimum absolute atomic E-state index is 0.302. The van der Waals surface area contributed by atoms with E-state index in [-0.39, 0.29) is 0 Å². The maximum atomic E-state index is 13.5. The molecule has 2 heterocycles. The Bertz CT molecular complexity index is 1680. The highest BCUT2D eigenvalue weighted by Crippen LogP contribution is 2.29. The van der Waals surface area contributed by atoms with Crippen LogP contribution in [0.4, 0.5) is 10.5 Å². The van der Waals surface area contributed by atoms with Crippen molar-refractivity contribution in [3.8, 4) is 16.8 Å². The summed E-state index contributed by atoms with van der Waals surface area (Å²) in [5.74, 6) is -0.417. The van der Waals surface area contributed by atoms with E-state index in [1.165, 1.54) is 30.4 Å². The van der Waals surface area contributed by atoms with E-state index >= 15 is 0 Å². The largest absolute Gasteiger partial charge is 0.618 e. The Morgan fingerprint density at radius 1 is 1.05 bits per heavy atom. The van der Waals surface area contributed by atoms with Crippen molar-refractivity contribution in [3.05, 3.63) is 125 Å². The van der Waals surface area contributed by atoms with Crippen LogP contribution >= 0.6 is 11.6 Å². The van der Waals surface area contributed by atoms with Crippen LogP contribution in [0.1, 0.15) is 27.7 Å². The highest BCUT2D eigenvalue weighted by Gasteiger charge is 2.25. The Kier molecular flexibility index (Phi) is 8.16. The molecule has 0 fully saturated rings. The van der Waals surface area contributed by atoms with Crippen LogP contribution in [0.25, 0.3) is 16.8 Å². The predicted octanol–water partition coefficient (Wildman–Crippen LogP) is 4.51. The second-order valence-electron chi connectivity index (χ2n) is 9.00. The van der Waals surface area contributed by atoms with E-state index in [9.17, 15) is 14.8 Å². The number of amides is 2. The van der Waals surface area contributed by atoms with Gasteiger partial charge >= 0.3 is 6.09 Å². The van der Waals surface area contributed by atoms with Gasteiger partial charge in [0.1, 0.15) is 12.4 Å². The van der Waals surface area contributed by atoms with Gasteiger partial charge in [-0.3, -0.25) is 10.1 Å². The lowest BCUT2D eigenvalue weighted by Gasteiger charge is -2.19. The van der Waals surface area contributed by atoms with E-state index < -0.39 is 18.0 Å². The van der Waals surface area contributed by atoms with Crippen LogP contribution in [0.2, 0.25) is 5.02 Å². The molecule has 0 aliphatic rings. The summed E-state index contributed by atoms with van der Waals surface area (Å²) >= 11 is 6.28. The van der Waals surface area contributed by atoms with Gasteiger partial charge < -0.3 is 15.3 Å². The number of anilines is 1. The van der Waals surface area contributed by atoms with Crippen LogP contribution in [-0.4, -0.2) is 39.3 Å². The number of carbonyl (C=O) groups is 2. The lowest BCUT2D eigenvalue weighted by Crippen LogP contribution is -2.40. The second kappa shape index (κ2) is 12.3. The van der Waals surface area contributed by atoms with E-state index in [4.69, 9.17) is 11.6 Å². The number of nitrogens with zero attached hydrogens (tertiary/aromatic N) is 5. The summed E-state index contributed by atoms with van der Waals surface area (Å²) in [5.41, 5.74) is 3.84. The first kappa shape index (κ1) is 27.3. The first-order valence-corrected chi connectivity index (χ1v) is 12.9. The molecule has 0 spiro atoms. The molecular formula is C29H24ClN7O4. The summed E-state index contributed by atoms with van der Waals surface area (Å²) in [4.78, 5) is 24.9. The Balaban J connectivity index is 1.48. The lowest BCUT2D eigenvalue weighted by molar-refractivity contribution is -0.615. The van der Waals surface area contributed by atoms with Gasteiger partial charge in [-0.1, -0.05) is 48.0 Å². The molecule has 2 N–H and O–H groups in total. The SMILES string of the molecule is COC(=O)Nc1cccc(C(=O)NC(Cc2ccccc2)c2ccc(-c3cc(Cl)ccc3-n3cnnn3)c[n+]2[O-])c1. The Labute approximate surface area is 239 Å². The molecule has 1 unspecified atom stereocenters. The molecule has 2 aromatic heterocycles. The molecule has 3 aromatic carbocycles. The molecule has 11 nitrogen and oxygen atoms in total. The van der Waals surface area contributed by atoms with Gasteiger partial charge in [-0.15, -0.1) is 5.10 Å². The van der Waals surface area contributed by atoms with Crippen molar-refractivity contribution in [1.29, 1.82) is 0 Å². The normalized spacial score (nSPS) is 11.5. The molecule has 0 saturated carbocycles. The zero-order chi connectivity index (χ0) is 28.8. The number of ether oxygens (including phenoxy) is 1. The van der Waals surface area contributed by atoms with Gasteiger partial charge in [-0.25, -0.2) is 4.79 Å². The van der Waals surface area contributed by atoms with Crippen molar-refractivity contribution in [2.75, 3.05) is 12.4 Å². The summed E-state index contributed by atoms with van der Waals surface area (Å²) in [5, 5.41) is 30.8. The molecule has 0 radical (unpaired) electrons. The number of halogens is 1. The number of tetrazole rings is 1. The molecule has 0 saturated heterocycles. The van der Waals surface area contributed by atoms with Gasteiger partial charge in [0.25, 0.3) is 5.91 Å². The third-order valence-electron chi connectivity index (χ3n) is 6.31. The average Bonchev–Trinajstić information content (AvgIpc) is 3.52. The Hall–Kier alpha value is -5.29. The number of hydrogen-bond donors (Lipinski definition) is 2. The number of methoxy groups -OCH3 is 1. The maximum Gasteiger partial charge on any atom is 0.411 e.